The average molecular weight is 278 g/mol. The lowest BCUT2D eigenvalue weighted by Crippen LogP contribution is -2.13. The predicted molar refractivity (Wildman–Crippen MR) is 70.7 cm³/mol. The van der Waals surface area contributed by atoms with Crippen molar-refractivity contribution >= 4 is 28.9 Å². The van der Waals surface area contributed by atoms with Gasteiger partial charge >= 0.3 is 5.97 Å². The van der Waals surface area contributed by atoms with E-state index in [0.29, 0.717) is 12.1 Å². The number of imidazole rings is 1. The van der Waals surface area contributed by atoms with Crippen LogP contribution in [0.25, 0.3) is 11.2 Å². The molecule has 0 bridgehead atoms. The average Bonchev–Trinajstić information content (AvgIpc) is 3.05. The minimum atomic E-state index is -0.131. The number of nitrogens with one attached hydrogen (secondary N) is 1. The Balaban J connectivity index is 1.64. The highest BCUT2D eigenvalue weighted by atomic mass is 32.2. The third kappa shape index (κ3) is 2.70. The Morgan fingerprint density at radius 3 is 3.11 bits per heavy atom. The molecule has 6 nitrogen and oxygen atoms in total. The molecule has 0 unspecified atom stereocenters. The van der Waals surface area contributed by atoms with Gasteiger partial charge in [-0.25, -0.2) is 15.0 Å². The van der Waals surface area contributed by atoms with Crippen molar-refractivity contribution in [1.82, 2.24) is 19.9 Å². The van der Waals surface area contributed by atoms with E-state index < -0.39 is 0 Å². The highest BCUT2D eigenvalue weighted by Gasteiger charge is 2.44. The molecule has 2 aromatic rings. The summed E-state index contributed by atoms with van der Waals surface area (Å²) in [7, 11) is 1.43. The molecule has 0 amide bonds. The Bertz CT molecular complexity index is 576. The molecule has 0 spiro atoms. The van der Waals surface area contributed by atoms with E-state index in [0.717, 1.165) is 29.3 Å². The zero-order chi connectivity index (χ0) is 13.3. The summed E-state index contributed by atoms with van der Waals surface area (Å²) in [5, 5.41) is 0.826. The second-order valence-electron chi connectivity index (χ2n) is 4.84. The zero-order valence-corrected chi connectivity index (χ0v) is 11.4. The molecule has 0 atom stereocenters. The third-order valence-electron chi connectivity index (χ3n) is 3.36. The molecule has 2 aromatic heterocycles. The van der Waals surface area contributed by atoms with E-state index in [2.05, 4.69) is 19.9 Å². The van der Waals surface area contributed by atoms with Crippen molar-refractivity contribution in [2.45, 2.75) is 24.4 Å². The molecule has 7 heteroatoms. The van der Waals surface area contributed by atoms with Crippen molar-refractivity contribution in [1.29, 1.82) is 0 Å². The topological polar surface area (TPSA) is 80.8 Å². The third-order valence-corrected chi connectivity index (χ3v) is 4.58. The van der Waals surface area contributed by atoms with Crippen LogP contribution in [0.1, 0.15) is 19.3 Å². The van der Waals surface area contributed by atoms with Gasteiger partial charge in [0.05, 0.1) is 19.7 Å². The summed E-state index contributed by atoms with van der Waals surface area (Å²) in [5.74, 6) is 0.739. The molecule has 0 aliphatic heterocycles. The first-order chi connectivity index (χ1) is 9.21. The van der Waals surface area contributed by atoms with Gasteiger partial charge in [0.2, 0.25) is 0 Å². The number of carbonyl (C=O) groups excluding carboxylic acids is 1. The van der Waals surface area contributed by atoms with Crippen molar-refractivity contribution in [3.8, 4) is 0 Å². The van der Waals surface area contributed by atoms with E-state index in [1.807, 2.05) is 0 Å². The van der Waals surface area contributed by atoms with E-state index in [-0.39, 0.29) is 11.4 Å². The molecule has 3 rings (SSSR count). The number of H-pyrrole nitrogens is 1. The second kappa shape index (κ2) is 4.80. The van der Waals surface area contributed by atoms with Gasteiger partial charge in [-0.2, -0.15) is 0 Å². The number of esters is 1. The van der Waals surface area contributed by atoms with E-state index in [1.54, 1.807) is 18.0 Å². The number of nitrogens with zero attached hydrogens (tertiary/aromatic N) is 3. The van der Waals surface area contributed by atoms with Crippen molar-refractivity contribution in [3.05, 3.63) is 12.5 Å². The van der Waals surface area contributed by atoms with Crippen LogP contribution in [0.5, 0.6) is 0 Å². The van der Waals surface area contributed by atoms with Gasteiger partial charge in [-0.1, -0.05) is 11.8 Å². The van der Waals surface area contributed by atoms with Crippen LogP contribution in [-0.4, -0.2) is 38.8 Å². The minimum absolute atomic E-state index is 0.0996. The van der Waals surface area contributed by atoms with Crippen molar-refractivity contribution in [2.75, 3.05) is 12.9 Å². The maximum atomic E-state index is 11.3. The molecule has 1 aliphatic carbocycles. The molecule has 0 aromatic carbocycles. The van der Waals surface area contributed by atoms with Gasteiger partial charge in [0.25, 0.3) is 0 Å². The van der Waals surface area contributed by atoms with Crippen LogP contribution in [0, 0.1) is 5.41 Å². The van der Waals surface area contributed by atoms with Crippen molar-refractivity contribution in [2.24, 2.45) is 5.41 Å². The summed E-state index contributed by atoms with van der Waals surface area (Å²) in [6, 6.07) is 0. The highest BCUT2D eigenvalue weighted by molar-refractivity contribution is 7.99. The molecular weight excluding hydrogens is 264 g/mol. The lowest BCUT2D eigenvalue weighted by Gasteiger charge is -2.11. The van der Waals surface area contributed by atoms with E-state index in [1.165, 1.54) is 13.4 Å². The molecule has 100 valence electrons. The maximum Gasteiger partial charge on any atom is 0.306 e. The quantitative estimate of drug-likeness (QED) is 0.663. The minimum Gasteiger partial charge on any atom is -0.469 e. The summed E-state index contributed by atoms with van der Waals surface area (Å²) in [6.45, 7) is 0. The number of aromatic nitrogens is 4. The van der Waals surface area contributed by atoms with Crippen LogP contribution in [0.15, 0.2) is 17.7 Å². The lowest BCUT2D eigenvalue weighted by molar-refractivity contribution is -0.141. The Labute approximate surface area is 114 Å². The lowest BCUT2D eigenvalue weighted by atomic mass is 10.1. The largest absolute Gasteiger partial charge is 0.469 e. The molecule has 0 saturated heterocycles. The van der Waals surface area contributed by atoms with Crippen molar-refractivity contribution < 1.29 is 9.53 Å². The van der Waals surface area contributed by atoms with Crippen LogP contribution in [0.4, 0.5) is 0 Å². The Kier molecular flexibility index (Phi) is 3.14. The normalized spacial score (nSPS) is 16.5. The monoisotopic (exact) mass is 278 g/mol. The highest BCUT2D eigenvalue weighted by Crippen LogP contribution is 2.51. The molecule has 1 fully saturated rings. The fourth-order valence-corrected chi connectivity index (χ4v) is 3.12. The Morgan fingerprint density at radius 2 is 2.42 bits per heavy atom. The fourth-order valence-electron chi connectivity index (χ4n) is 1.96. The molecule has 1 aliphatic rings. The van der Waals surface area contributed by atoms with Gasteiger partial charge in [-0.3, -0.25) is 4.79 Å². The molecule has 1 N–H and O–H groups in total. The number of ether oxygens (including phenoxy) is 1. The Hall–Kier alpha value is -1.63. The van der Waals surface area contributed by atoms with Crippen LogP contribution in [0.3, 0.4) is 0 Å². The van der Waals surface area contributed by atoms with Gasteiger partial charge in [0, 0.05) is 5.75 Å². The Morgan fingerprint density at radius 1 is 1.58 bits per heavy atom. The summed E-state index contributed by atoms with van der Waals surface area (Å²) in [5.41, 5.74) is 1.61. The summed E-state index contributed by atoms with van der Waals surface area (Å²) in [6.07, 6.45) is 5.85. The number of hydrogen-bond donors (Lipinski definition) is 1. The van der Waals surface area contributed by atoms with Gasteiger partial charge in [-0.05, 0) is 18.3 Å². The van der Waals surface area contributed by atoms with Gasteiger partial charge in [0.15, 0.2) is 10.8 Å². The molecule has 2 heterocycles. The second-order valence-corrected chi connectivity index (χ2v) is 5.81. The van der Waals surface area contributed by atoms with E-state index in [4.69, 9.17) is 4.74 Å². The van der Waals surface area contributed by atoms with Gasteiger partial charge < -0.3 is 9.72 Å². The summed E-state index contributed by atoms with van der Waals surface area (Å²) in [4.78, 5) is 26.9. The number of fused-ring (bicyclic) bond motifs is 1. The van der Waals surface area contributed by atoms with Crippen LogP contribution >= 0.6 is 11.8 Å². The molecule has 1 saturated carbocycles. The zero-order valence-electron chi connectivity index (χ0n) is 10.5. The summed E-state index contributed by atoms with van der Waals surface area (Å²) >= 11 is 1.63. The SMILES string of the molecule is COC(=O)CC1(CSc2nc3ncncc3[nH]2)CC1. The van der Waals surface area contributed by atoms with Gasteiger partial charge in [-0.15, -0.1) is 0 Å². The van der Waals surface area contributed by atoms with Crippen LogP contribution in [0.2, 0.25) is 0 Å². The number of rotatable bonds is 5. The number of methoxy groups -OCH3 is 1. The first kappa shape index (κ1) is 12.4. The van der Waals surface area contributed by atoms with E-state index in [9.17, 15) is 4.79 Å². The standard InChI is InChI=1S/C12H14N4O2S/c1-18-9(17)4-12(2-3-12)6-19-11-15-8-5-13-7-14-10(8)16-11/h5,7H,2-4,6H2,1H3,(H,13,14,15,16). The first-order valence-electron chi connectivity index (χ1n) is 6.06. The number of carbonyl (C=O) groups is 1. The summed E-state index contributed by atoms with van der Waals surface area (Å²) < 4.78 is 4.74. The number of thioether (sulfide) groups is 1. The van der Waals surface area contributed by atoms with E-state index >= 15 is 0 Å². The molecule has 0 radical (unpaired) electrons. The van der Waals surface area contributed by atoms with Gasteiger partial charge in [0.1, 0.15) is 11.8 Å². The smallest absolute Gasteiger partial charge is 0.306 e. The predicted octanol–water partition coefficient (Wildman–Crippen LogP) is 1.79. The van der Waals surface area contributed by atoms with Crippen LogP contribution < -0.4 is 0 Å². The fraction of sp³-hybridized carbons (Fsp3) is 0.500. The first-order valence-corrected chi connectivity index (χ1v) is 7.05. The maximum absolute atomic E-state index is 11.3. The number of hydrogen-bond acceptors (Lipinski definition) is 6. The molecule has 19 heavy (non-hydrogen) atoms. The van der Waals surface area contributed by atoms with Crippen LogP contribution in [-0.2, 0) is 9.53 Å². The van der Waals surface area contributed by atoms with Crippen molar-refractivity contribution in [3.63, 3.8) is 0 Å². The molecular formula is C12H14N4O2S. The number of aromatic amines is 1.